The normalized spacial score (nSPS) is 10.3. The van der Waals surface area contributed by atoms with Gasteiger partial charge in [-0.25, -0.2) is 9.97 Å². The Morgan fingerprint density at radius 2 is 1.78 bits per heavy atom. The number of aromatic nitrogens is 2. The molecule has 1 aromatic heterocycles. The van der Waals surface area contributed by atoms with Crippen molar-refractivity contribution in [2.45, 2.75) is 13.5 Å². The quantitative estimate of drug-likeness (QED) is 0.768. The van der Waals surface area contributed by atoms with Gasteiger partial charge in [0.15, 0.2) is 0 Å². The molecule has 4 heteroatoms. The lowest BCUT2D eigenvalue weighted by Crippen LogP contribution is -2.17. The average Bonchev–Trinajstić information content (AvgIpc) is 2.56. The fourth-order valence-corrected chi connectivity index (χ4v) is 2.43. The molecule has 0 spiro atoms. The molecule has 116 valence electrons. The third-order valence-corrected chi connectivity index (χ3v) is 3.60. The summed E-state index contributed by atoms with van der Waals surface area (Å²) in [5, 5.41) is 3.33. The van der Waals surface area contributed by atoms with Crippen LogP contribution in [0.4, 0.5) is 17.3 Å². The minimum Gasteiger partial charge on any atom is -0.355 e. The molecule has 0 bridgehead atoms. The van der Waals surface area contributed by atoms with Gasteiger partial charge in [0.2, 0.25) is 0 Å². The number of nitrogens with zero attached hydrogens (tertiary/aromatic N) is 3. The van der Waals surface area contributed by atoms with Crippen molar-refractivity contribution < 1.29 is 0 Å². The zero-order chi connectivity index (χ0) is 16.1. The van der Waals surface area contributed by atoms with Crippen LogP contribution in [0.3, 0.4) is 0 Å². The van der Waals surface area contributed by atoms with E-state index in [1.165, 1.54) is 11.1 Å². The first-order valence-electron chi connectivity index (χ1n) is 7.61. The number of hydrogen-bond acceptors (Lipinski definition) is 4. The van der Waals surface area contributed by atoms with Crippen LogP contribution in [0.15, 0.2) is 67.0 Å². The lowest BCUT2D eigenvalue weighted by Gasteiger charge is -2.18. The van der Waals surface area contributed by atoms with E-state index in [4.69, 9.17) is 0 Å². The Balaban J connectivity index is 1.74. The smallest absolute Gasteiger partial charge is 0.135 e. The standard InChI is InChI=1S/C19H20N4/c1-15-7-6-10-17(11-15)22-18-12-19(21-14-20-18)23(2)13-16-8-4-3-5-9-16/h3-12,14H,13H2,1-2H3,(H,20,21,22). The maximum Gasteiger partial charge on any atom is 0.135 e. The van der Waals surface area contributed by atoms with E-state index in [2.05, 4.69) is 51.4 Å². The second kappa shape index (κ2) is 6.92. The van der Waals surface area contributed by atoms with E-state index in [9.17, 15) is 0 Å². The molecule has 0 atom stereocenters. The van der Waals surface area contributed by atoms with E-state index in [0.717, 1.165) is 23.9 Å². The number of nitrogens with one attached hydrogen (secondary N) is 1. The van der Waals surface area contributed by atoms with E-state index in [1.807, 2.05) is 43.4 Å². The highest BCUT2D eigenvalue weighted by atomic mass is 15.2. The summed E-state index contributed by atoms with van der Waals surface area (Å²) in [6, 6.07) is 20.5. The molecule has 0 unspecified atom stereocenters. The Morgan fingerprint density at radius 1 is 0.957 bits per heavy atom. The SMILES string of the molecule is Cc1cccc(Nc2cc(N(C)Cc3ccccc3)ncn2)c1. The van der Waals surface area contributed by atoms with Crippen LogP contribution in [-0.2, 0) is 6.54 Å². The third-order valence-electron chi connectivity index (χ3n) is 3.60. The van der Waals surface area contributed by atoms with Gasteiger partial charge in [-0.05, 0) is 30.2 Å². The number of hydrogen-bond donors (Lipinski definition) is 1. The molecule has 0 saturated heterocycles. The monoisotopic (exact) mass is 304 g/mol. The molecule has 0 aliphatic carbocycles. The van der Waals surface area contributed by atoms with E-state index in [1.54, 1.807) is 6.33 Å². The third kappa shape index (κ3) is 4.07. The lowest BCUT2D eigenvalue weighted by molar-refractivity contribution is 0.892. The molecular weight excluding hydrogens is 284 g/mol. The van der Waals surface area contributed by atoms with Crippen LogP contribution >= 0.6 is 0 Å². The molecule has 0 saturated carbocycles. The Labute approximate surface area is 136 Å². The Morgan fingerprint density at radius 3 is 2.57 bits per heavy atom. The topological polar surface area (TPSA) is 41.0 Å². The first kappa shape index (κ1) is 15.0. The lowest BCUT2D eigenvalue weighted by atomic mass is 10.2. The zero-order valence-electron chi connectivity index (χ0n) is 13.4. The van der Waals surface area contributed by atoms with Crippen molar-refractivity contribution >= 4 is 17.3 Å². The van der Waals surface area contributed by atoms with Crippen molar-refractivity contribution in [2.75, 3.05) is 17.3 Å². The molecule has 1 N–H and O–H groups in total. The second-order valence-electron chi connectivity index (χ2n) is 5.60. The van der Waals surface area contributed by atoms with Gasteiger partial charge in [-0.1, -0.05) is 42.5 Å². The number of aryl methyl sites for hydroxylation is 1. The summed E-state index contributed by atoms with van der Waals surface area (Å²) in [7, 11) is 2.03. The second-order valence-corrected chi connectivity index (χ2v) is 5.60. The van der Waals surface area contributed by atoms with Crippen molar-refractivity contribution in [2.24, 2.45) is 0 Å². The summed E-state index contributed by atoms with van der Waals surface area (Å²) >= 11 is 0. The molecule has 23 heavy (non-hydrogen) atoms. The van der Waals surface area contributed by atoms with Crippen LogP contribution in [0.1, 0.15) is 11.1 Å². The van der Waals surface area contributed by atoms with Gasteiger partial charge in [-0.2, -0.15) is 0 Å². The van der Waals surface area contributed by atoms with Crippen LogP contribution in [-0.4, -0.2) is 17.0 Å². The van der Waals surface area contributed by atoms with Gasteiger partial charge in [-0.3, -0.25) is 0 Å². The molecule has 0 aliphatic heterocycles. The maximum atomic E-state index is 4.37. The molecular formula is C19H20N4. The molecule has 0 radical (unpaired) electrons. The van der Waals surface area contributed by atoms with Gasteiger partial charge in [0.05, 0.1) is 0 Å². The van der Waals surface area contributed by atoms with Crippen LogP contribution in [0, 0.1) is 6.92 Å². The van der Waals surface area contributed by atoms with E-state index >= 15 is 0 Å². The number of anilines is 3. The summed E-state index contributed by atoms with van der Waals surface area (Å²) in [5.41, 5.74) is 3.49. The maximum absolute atomic E-state index is 4.37. The molecule has 3 rings (SSSR count). The summed E-state index contributed by atoms with van der Waals surface area (Å²) in [4.78, 5) is 10.8. The molecule has 0 amide bonds. The highest BCUT2D eigenvalue weighted by Gasteiger charge is 2.06. The first-order chi connectivity index (χ1) is 11.2. The van der Waals surface area contributed by atoms with Crippen molar-refractivity contribution in [3.63, 3.8) is 0 Å². The summed E-state index contributed by atoms with van der Waals surface area (Å²) in [5.74, 6) is 1.68. The zero-order valence-corrected chi connectivity index (χ0v) is 13.4. The Bertz CT molecular complexity index is 771. The minimum atomic E-state index is 0.792. The van der Waals surface area contributed by atoms with Crippen LogP contribution < -0.4 is 10.2 Å². The highest BCUT2D eigenvalue weighted by Crippen LogP contribution is 2.19. The minimum absolute atomic E-state index is 0.792. The largest absolute Gasteiger partial charge is 0.355 e. The molecule has 0 aliphatic rings. The van der Waals surface area contributed by atoms with Gasteiger partial charge in [0, 0.05) is 25.3 Å². The van der Waals surface area contributed by atoms with Gasteiger partial charge >= 0.3 is 0 Å². The van der Waals surface area contributed by atoms with Crippen molar-refractivity contribution in [1.29, 1.82) is 0 Å². The average molecular weight is 304 g/mol. The van der Waals surface area contributed by atoms with E-state index < -0.39 is 0 Å². The highest BCUT2D eigenvalue weighted by molar-refractivity contribution is 5.59. The van der Waals surface area contributed by atoms with Crippen LogP contribution in [0.25, 0.3) is 0 Å². The molecule has 2 aromatic carbocycles. The summed E-state index contributed by atoms with van der Waals surface area (Å²) in [6.07, 6.45) is 1.59. The van der Waals surface area contributed by atoms with Crippen molar-refractivity contribution in [3.05, 3.63) is 78.1 Å². The Kier molecular flexibility index (Phi) is 4.52. The van der Waals surface area contributed by atoms with Crippen molar-refractivity contribution in [3.8, 4) is 0 Å². The van der Waals surface area contributed by atoms with Gasteiger partial charge in [0.25, 0.3) is 0 Å². The van der Waals surface area contributed by atoms with Gasteiger partial charge < -0.3 is 10.2 Å². The van der Waals surface area contributed by atoms with Crippen LogP contribution in [0.2, 0.25) is 0 Å². The number of rotatable bonds is 5. The fourth-order valence-electron chi connectivity index (χ4n) is 2.43. The van der Waals surface area contributed by atoms with E-state index in [-0.39, 0.29) is 0 Å². The van der Waals surface area contributed by atoms with E-state index in [0.29, 0.717) is 0 Å². The first-order valence-corrected chi connectivity index (χ1v) is 7.61. The molecule has 3 aromatic rings. The van der Waals surface area contributed by atoms with Crippen molar-refractivity contribution in [1.82, 2.24) is 9.97 Å². The predicted molar refractivity (Wildman–Crippen MR) is 95.0 cm³/mol. The molecule has 0 fully saturated rings. The summed E-state index contributed by atoms with van der Waals surface area (Å²) < 4.78 is 0. The van der Waals surface area contributed by atoms with Gasteiger partial charge in [0.1, 0.15) is 18.0 Å². The predicted octanol–water partition coefficient (Wildman–Crippen LogP) is 4.17. The van der Waals surface area contributed by atoms with Gasteiger partial charge in [-0.15, -0.1) is 0 Å². The molecule has 4 nitrogen and oxygen atoms in total. The number of benzene rings is 2. The summed E-state index contributed by atoms with van der Waals surface area (Å²) in [6.45, 7) is 2.88. The van der Waals surface area contributed by atoms with Crippen LogP contribution in [0.5, 0.6) is 0 Å². The fraction of sp³-hybridized carbons (Fsp3) is 0.158. The Hall–Kier alpha value is -2.88. The molecule has 1 heterocycles.